The van der Waals surface area contributed by atoms with Gasteiger partial charge >= 0.3 is 0 Å². The van der Waals surface area contributed by atoms with E-state index in [0.717, 1.165) is 17.3 Å². The van der Waals surface area contributed by atoms with Gasteiger partial charge < -0.3 is 15.5 Å². The number of piperazine rings is 1. The summed E-state index contributed by atoms with van der Waals surface area (Å²) in [4.78, 5) is 36.1. The zero-order valence-corrected chi connectivity index (χ0v) is 18.9. The number of nitriles is 1. The van der Waals surface area contributed by atoms with Gasteiger partial charge in [0.15, 0.2) is 0 Å². The monoisotopic (exact) mass is 448 g/mol. The highest BCUT2D eigenvalue weighted by molar-refractivity contribution is 8.00. The molecule has 2 amide bonds. The van der Waals surface area contributed by atoms with Gasteiger partial charge in [-0.3, -0.25) is 9.59 Å². The van der Waals surface area contributed by atoms with Gasteiger partial charge in [0, 0.05) is 33.1 Å². The van der Waals surface area contributed by atoms with Gasteiger partial charge in [-0.15, -0.1) is 0 Å². The number of anilines is 1. The molecular weight excluding hydrogens is 424 g/mol. The van der Waals surface area contributed by atoms with Crippen LogP contribution in [-0.4, -0.2) is 47.9 Å². The predicted octanol–water partition coefficient (Wildman–Crippen LogP) is 3.05. The first-order valence-corrected chi connectivity index (χ1v) is 11.1. The Bertz CT molecular complexity index is 1100. The summed E-state index contributed by atoms with van der Waals surface area (Å²) in [5, 5.41) is 9.55. The second-order valence-electron chi connectivity index (χ2n) is 7.32. The van der Waals surface area contributed by atoms with Crippen LogP contribution in [0.15, 0.2) is 35.4 Å². The quantitative estimate of drug-likeness (QED) is 0.538. The van der Waals surface area contributed by atoms with Crippen molar-refractivity contribution in [3.63, 3.8) is 0 Å². The summed E-state index contributed by atoms with van der Waals surface area (Å²) in [6.07, 6.45) is 0.476. The second-order valence-corrected chi connectivity index (χ2v) is 8.42. The number of rotatable bonds is 6. The number of primary amides is 1. The molecule has 1 aromatic carbocycles. The van der Waals surface area contributed by atoms with Gasteiger partial charge in [-0.25, -0.2) is 9.83 Å². The Morgan fingerprint density at radius 1 is 1.28 bits per heavy atom. The molecule has 1 atom stereocenters. The molecule has 1 aromatic heterocycles. The molecule has 0 spiro atoms. The van der Waals surface area contributed by atoms with E-state index in [9.17, 15) is 14.9 Å². The number of hydrogen-bond acceptors (Lipinski definition) is 6. The lowest BCUT2D eigenvalue weighted by atomic mass is 10.1. The highest BCUT2D eigenvalue weighted by atomic mass is 32.2. The normalized spacial score (nSPS) is 14.4. The molecule has 0 radical (unpaired) electrons. The molecule has 32 heavy (non-hydrogen) atoms. The fraction of sp³-hybridized carbons (Fsp3) is 0.348. The Balaban J connectivity index is 2.07. The number of nitrogens with zero attached hydrogens (tertiary/aromatic N) is 5. The third kappa shape index (κ3) is 4.68. The molecule has 164 valence electrons. The van der Waals surface area contributed by atoms with E-state index in [2.05, 4.69) is 10.9 Å². The number of aromatic nitrogens is 1. The first-order chi connectivity index (χ1) is 15.4. The molecule has 2 aromatic rings. The Morgan fingerprint density at radius 3 is 2.44 bits per heavy atom. The third-order valence-corrected chi connectivity index (χ3v) is 6.67. The van der Waals surface area contributed by atoms with Crippen LogP contribution in [0.25, 0.3) is 4.85 Å². The van der Waals surface area contributed by atoms with Crippen LogP contribution in [-0.2, 0) is 16.0 Å². The van der Waals surface area contributed by atoms with Crippen molar-refractivity contribution in [2.75, 3.05) is 31.1 Å². The second kappa shape index (κ2) is 10.2. The number of carbonyl (C=O) groups is 2. The Labute approximate surface area is 191 Å². The molecule has 1 aliphatic rings. The minimum absolute atomic E-state index is 0.0143. The largest absolute Gasteiger partial charge is 0.368 e. The third-order valence-electron chi connectivity index (χ3n) is 5.41. The molecule has 2 N–H and O–H groups in total. The van der Waals surface area contributed by atoms with Crippen molar-refractivity contribution in [1.29, 1.82) is 5.26 Å². The molecular formula is C23H24N6O2S. The van der Waals surface area contributed by atoms with E-state index in [1.165, 1.54) is 6.92 Å². The first-order valence-electron chi connectivity index (χ1n) is 10.3. The van der Waals surface area contributed by atoms with Crippen molar-refractivity contribution in [3.05, 3.63) is 58.4 Å². The maximum atomic E-state index is 12.3. The Morgan fingerprint density at radius 2 is 1.94 bits per heavy atom. The predicted molar refractivity (Wildman–Crippen MR) is 123 cm³/mol. The van der Waals surface area contributed by atoms with Gasteiger partial charge in [0.1, 0.15) is 22.2 Å². The van der Waals surface area contributed by atoms with E-state index < -0.39 is 11.2 Å². The fourth-order valence-electron chi connectivity index (χ4n) is 3.73. The minimum atomic E-state index is -0.721. The van der Waals surface area contributed by atoms with Crippen molar-refractivity contribution in [2.45, 2.75) is 30.5 Å². The molecule has 0 bridgehead atoms. The van der Waals surface area contributed by atoms with Crippen LogP contribution in [0.1, 0.15) is 35.8 Å². The molecule has 9 heteroatoms. The van der Waals surface area contributed by atoms with Crippen molar-refractivity contribution in [3.8, 4) is 6.07 Å². The highest BCUT2D eigenvalue weighted by Crippen LogP contribution is 2.42. The lowest BCUT2D eigenvalue weighted by Gasteiger charge is -2.36. The van der Waals surface area contributed by atoms with Gasteiger partial charge in [0.05, 0.1) is 12.1 Å². The minimum Gasteiger partial charge on any atom is -0.368 e. The lowest BCUT2D eigenvalue weighted by molar-refractivity contribution is -0.129. The van der Waals surface area contributed by atoms with E-state index >= 15 is 0 Å². The van der Waals surface area contributed by atoms with Crippen LogP contribution in [0, 0.1) is 17.9 Å². The van der Waals surface area contributed by atoms with Crippen molar-refractivity contribution < 1.29 is 9.59 Å². The highest BCUT2D eigenvalue weighted by Gasteiger charge is 2.29. The summed E-state index contributed by atoms with van der Waals surface area (Å²) in [7, 11) is 0. The number of benzene rings is 1. The van der Waals surface area contributed by atoms with Gasteiger partial charge in [-0.2, -0.15) is 5.26 Å². The lowest BCUT2D eigenvalue weighted by Crippen LogP contribution is -2.48. The summed E-state index contributed by atoms with van der Waals surface area (Å²) in [5.74, 6) is -0.0332. The van der Waals surface area contributed by atoms with Crippen LogP contribution < -0.4 is 10.6 Å². The molecule has 3 rings (SSSR count). The SMILES string of the molecule is [C-]#[N+]c1c(N2CCN(C(C)=O)CC2)nc(SC(C(N)=O)c2ccccc2)c(C#N)c1CC. The van der Waals surface area contributed by atoms with E-state index in [0.29, 0.717) is 60.3 Å². The number of thioether (sulfide) groups is 1. The standard InChI is InChI=1S/C23H24N6O2S/c1-4-17-18(14-24)23(32-20(21(25)31)16-8-6-5-7-9-16)27-22(19(17)26-3)29-12-10-28(11-13-29)15(2)30/h5-9,20H,4,10-13H2,1-2H3,(H2,25,31). The molecule has 8 nitrogen and oxygen atoms in total. The van der Waals surface area contributed by atoms with Gasteiger partial charge in [0.25, 0.3) is 0 Å². The van der Waals surface area contributed by atoms with Gasteiger partial charge in [0.2, 0.25) is 17.5 Å². The average molecular weight is 449 g/mol. The number of pyridine rings is 1. The first kappa shape index (κ1) is 23.1. The van der Waals surface area contributed by atoms with Crippen molar-refractivity contribution in [2.24, 2.45) is 5.73 Å². The molecule has 2 heterocycles. The van der Waals surface area contributed by atoms with Crippen LogP contribution in [0.3, 0.4) is 0 Å². The zero-order chi connectivity index (χ0) is 23.3. The smallest absolute Gasteiger partial charge is 0.235 e. The van der Waals surface area contributed by atoms with Crippen LogP contribution in [0.4, 0.5) is 11.5 Å². The van der Waals surface area contributed by atoms with Crippen LogP contribution in [0.2, 0.25) is 0 Å². The topological polar surface area (TPSA) is 108 Å². The number of hydrogen-bond donors (Lipinski definition) is 1. The average Bonchev–Trinajstić information content (AvgIpc) is 2.81. The van der Waals surface area contributed by atoms with Gasteiger partial charge in [-0.05, 0) is 17.5 Å². The van der Waals surface area contributed by atoms with Crippen molar-refractivity contribution >= 4 is 35.1 Å². The summed E-state index contributed by atoms with van der Waals surface area (Å²) in [6, 6.07) is 11.3. The molecule has 0 aliphatic carbocycles. The van der Waals surface area contributed by atoms with Crippen LogP contribution in [0.5, 0.6) is 0 Å². The maximum Gasteiger partial charge on any atom is 0.235 e. The Hall–Kier alpha value is -3.56. The van der Waals surface area contributed by atoms with Crippen molar-refractivity contribution in [1.82, 2.24) is 9.88 Å². The number of amides is 2. The summed E-state index contributed by atoms with van der Waals surface area (Å²) in [6.45, 7) is 13.3. The molecule has 1 saturated heterocycles. The summed E-state index contributed by atoms with van der Waals surface area (Å²) >= 11 is 1.13. The molecule has 1 fully saturated rings. The summed E-state index contributed by atoms with van der Waals surface area (Å²) in [5.41, 5.74) is 7.68. The number of carbonyl (C=O) groups excluding carboxylic acids is 2. The molecule has 1 unspecified atom stereocenters. The molecule has 1 aliphatic heterocycles. The van der Waals surface area contributed by atoms with E-state index in [-0.39, 0.29) is 5.91 Å². The maximum absolute atomic E-state index is 12.3. The van der Waals surface area contributed by atoms with Gasteiger partial charge in [-0.1, -0.05) is 49.0 Å². The molecule has 0 saturated carbocycles. The zero-order valence-electron chi connectivity index (χ0n) is 18.0. The van der Waals surface area contributed by atoms with E-state index in [4.69, 9.17) is 17.3 Å². The fourth-order valence-corrected chi connectivity index (χ4v) is 4.79. The van der Waals surface area contributed by atoms with E-state index in [1.807, 2.05) is 42.2 Å². The van der Waals surface area contributed by atoms with E-state index in [1.54, 1.807) is 4.90 Å². The number of nitrogens with two attached hydrogens (primary N) is 1. The summed E-state index contributed by atoms with van der Waals surface area (Å²) < 4.78 is 0. The van der Waals surface area contributed by atoms with Crippen LogP contribution >= 0.6 is 11.8 Å². The Kier molecular flexibility index (Phi) is 7.34.